The van der Waals surface area contributed by atoms with Crippen molar-refractivity contribution in [3.05, 3.63) is 39.9 Å². The number of hydrogen-bond donors (Lipinski definition) is 1. The van der Waals surface area contributed by atoms with Crippen LogP contribution in [0, 0.1) is 10.1 Å². The quantitative estimate of drug-likeness (QED) is 0.613. The summed E-state index contributed by atoms with van der Waals surface area (Å²) in [6, 6.07) is 5.88. The average Bonchev–Trinajstić information content (AvgIpc) is 2.28. The first-order chi connectivity index (χ1) is 8.41. The van der Waals surface area contributed by atoms with E-state index in [-0.39, 0.29) is 17.7 Å². The van der Waals surface area contributed by atoms with E-state index in [0.717, 1.165) is 4.90 Å². The van der Waals surface area contributed by atoms with Crippen LogP contribution in [-0.2, 0) is 16.0 Å². The van der Waals surface area contributed by atoms with Gasteiger partial charge in [-0.2, -0.15) is 0 Å². The van der Waals surface area contributed by atoms with Gasteiger partial charge in [-0.05, 0) is 0 Å². The molecule has 96 valence electrons. The summed E-state index contributed by atoms with van der Waals surface area (Å²) < 4.78 is 0. The molecule has 1 rings (SSSR count). The van der Waals surface area contributed by atoms with Gasteiger partial charge in [0.15, 0.2) is 0 Å². The second-order valence-electron chi connectivity index (χ2n) is 3.71. The van der Waals surface area contributed by atoms with E-state index >= 15 is 0 Å². The Labute approximate surface area is 103 Å². The van der Waals surface area contributed by atoms with Gasteiger partial charge in [-0.3, -0.25) is 19.7 Å². The second kappa shape index (κ2) is 5.76. The van der Waals surface area contributed by atoms with Crippen LogP contribution in [0.2, 0.25) is 0 Å². The first kappa shape index (κ1) is 13.6. The topological polar surface area (TPSA) is 101 Å². The molecular formula is C11H12N2O5. The van der Waals surface area contributed by atoms with Crippen LogP contribution in [0.1, 0.15) is 5.56 Å². The second-order valence-corrected chi connectivity index (χ2v) is 3.71. The van der Waals surface area contributed by atoms with Gasteiger partial charge in [0, 0.05) is 18.7 Å². The number of nitro benzene ring substituents is 1. The van der Waals surface area contributed by atoms with Crippen molar-refractivity contribution in [3.63, 3.8) is 0 Å². The Morgan fingerprint density at radius 2 is 2.00 bits per heavy atom. The number of benzene rings is 1. The lowest BCUT2D eigenvalue weighted by molar-refractivity contribution is -0.385. The summed E-state index contributed by atoms with van der Waals surface area (Å²) in [5.41, 5.74) is 0.124. The van der Waals surface area contributed by atoms with Gasteiger partial charge >= 0.3 is 5.97 Å². The molecule has 18 heavy (non-hydrogen) atoms. The van der Waals surface area contributed by atoms with Crippen molar-refractivity contribution in [1.82, 2.24) is 4.90 Å². The maximum Gasteiger partial charge on any atom is 0.323 e. The molecule has 0 saturated carbocycles. The number of amides is 1. The molecule has 0 aliphatic heterocycles. The summed E-state index contributed by atoms with van der Waals surface area (Å²) in [6.07, 6.45) is -0.194. The zero-order chi connectivity index (χ0) is 13.7. The Kier molecular flexibility index (Phi) is 4.36. The van der Waals surface area contributed by atoms with Crippen molar-refractivity contribution >= 4 is 17.6 Å². The van der Waals surface area contributed by atoms with Gasteiger partial charge in [0.25, 0.3) is 5.69 Å². The summed E-state index contributed by atoms with van der Waals surface area (Å²) >= 11 is 0. The first-order valence-electron chi connectivity index (χ1n) is 5.10. The number of para-hydroxylation sites is 1. The van der Waals surface area contributed by atoms with E-state index in [4.69, 9.17) is 5.11 Å². The fourth-order valence-corrected chi connectivity index (χ4v) is 1.43. The molecule has 0 atom stereocenters. The summed E-state index contributed by atoms with van der Waals surface area (Å²) in [6.45, 7) is -0.431. The predicted octanol–water partition coefficient (Wildman–Crippen LogP) is 0.680. The lowest BCUT2D eigenvalue weighted by Crippen LogP contribution is -2.33. The largest absolute Gasteiger partial charge is 0.480 e. The highest BCUT2D eigenvalue weighted by atomic mass is 16.6. The molecule has 1 N–H and O–H groups in total. The Morgan fingerprint density at radius 1 is 1.39 bits per heavy atom. The number of nitrogens with zero attached hydrogens (tertiary/aromatic N) is 2. The van der Waals surface area contributed by atoms with Gasteiger partial charge in [-0.25, -0.2) is 0 Å². The van der Waals surface area contributed by atoms with Gasteiger partial charge in [0.05, 0.1) is 11.3 Å². The van der Waals surface area contributed by atoms with E-state index in [1.807, 2.05) is 0 Å². The lowest BCUT2D eigenvalue weighted by atomic mass is 10.1. The Bertz CT molecular complexity index is 486. The maximum atomic E-state index is 11.7. The maximum absolute atomic E-state index is 11.7. The molecule has 7 heteroatoms. The number of likely N-dealkylation sites (N-methyl/N-ethyl adjacent to an activating group) is 1. The van der Waals surface area contributed by atoms with Crippen LogP contribution in [0.3, 0.4) is 0 Å². The third-order valence-electron chi connectivity index (χ3n) is 2.33. The van der Waals surface area contributed by atoms with Crippen molar-refractivity contribution in [3.8, 4) is 0 Å². The van der Waals surface area contributed by atoms with Crippen molar-refractivity contribution in [2.24, 2.45) is 0 Å². The van der Waals surface area contributed by atoms with E-state index in [1.54, 1.807) is 6.07 Å². The Hall–Kier alpha value is -2.44. The molecule has 0 saturated heterocycles. The summed E-state index contributed by atoms with van der Waals surface area (Å²) in [5, 5.41) is 19.3. The fourth-order valence-electron chi connectivity index (χ4n) is 1.43. The summed E-state index contributed by atoms with van der Waals surface area (Å²) in [5.74, 6) is -1.61. The molecule has 0 bridgehead atoms. The van der Waals surface area contributed by atoms with Crippen molar-refractivity contribution in [2.75, 3.05) is 13.6 Å². The van der Waals surface area contributed by atoms with Gasteiger partial charge < -0.3 is 10.0 Å². The van der Waals surface area contributed by atoms with E-state index < -0.39 is 23.3 Å². The van der Waals surface area contributed by atoms with Crippen LogP contribution in [-0.4, -0.2) is 40.4 Å². The zero-order valence-electron chi connectivity index (χ0n) is 9.70. The number of carbonyl (C=O) groups is 2. The van der Waals surface area contributed by atoms with E-state index in [1.165, 1.54) is 25.2 Å². The minimum atomic E-state index is -1.13. The molecule has 1 aromatic carbocycles. The molecule has 1 aromatic rings. The molecule has 0 heterocycles. The van der Waals surface area contributed by atoms with Crippen molar-refractivity contribution < 1.29 is 19.6 Å². The van der Waals surface area contributed by atoms with Crippen molar-refractivity contribution in [1.29, 1.82) is 0 Å². The molecule has 0 aromatic heterocycles. The Balaban J connectivity index is 2.82. The molecular weight excluding hydrogens is 240 g/mol. The Morgan fingerprint density at radius 3 is 2.56 bits per heavy atom. The molecule has 0 spiro atoms. The molecule has 0 aliphatic rings. The van der Waals surface area contributed by atoms with Crippen LogP contribution in [0.5, 0.6) is 0 Å². The lowest BCUT2D eigenvalue weighted by Gasteiger charge is -2.14. The smallest absolute Gasteiger partial charge is 0.323 e. The highest BCUT2D eigenvalue weighted by molar-refractivity contribution is 5.83. The highest BCUT2D eigenvalue weighted by Crippen LogP contribution is 2.18. The molecule has 0 unspecified atom stereocenters. The average molecular weight is 252 g/mol. The normalized spacial score (nSPS) is 9.83. The van der Waals surface area contributed by atoms with Crippen LogP contribution in [0.15, 0.2) is 24.3 Å². The minimum absolute atomic E-state index is 0.144. The number of rotatable bonds is 5. The van der Waals surface area contributed by atoms with Crippen molar-refractivity contribution in [2.45, 2.75) is 6.42 Å². The predicted molar refractivity (Wildman–Crippen MR) is 62.1 cm³/mol. The number of carboxylic acid groups (broad SMARTS) is 1. The van der Waals surface area contributed by atoms with Crippen LogP contribution in [0.25, 0.3) is 0 Å². The monoisotopic (exact) mass is 252 g/mol. The van der Waals surface area contributed by atoms with Gasteiger partial charge in [-0.1, -0.05) is 18.2 Å². The summed E-state index contributed by atoms with van der Waals surface area (Å²) in [4.78, 5) is 33.3. The number of aliphatic carboxylic acids is 1. The third-order valence-corrected chi connectivity index (χ3v) is 2.33. The fraction of sp³-hybridized carbons (Fsp3) is 0.273. The molecule has 7 nitrogen and oxygen atoms in total. The van der Waals surface area contributed by atoms with Crippen LogP contribution >= 0.6 is 0 Å². The van der Waals surface area contributed by atoms with E-state index in [2.05, 4.69) is 0 Å². The third kappa shape index (κ3) is 3.55. The molecule has 0 aliphatic carbocycles. The van der Waals surface area contributed by atoms with Gasteiger partial charge in [0.2, 0.25) is 5.91 Å². The van der Waals surface area contributed by atoms with Gasteiger partial charge in [-0.15, -0.1) is 0 Å². The van der Waals surface area contributed by atoms with Crippen LogP contribution in [0.4, 0.5) is 5.69 Å². The van der Waals surface area contributed by atoms with Gasteiger partial charge in [0.1, 0.15) is 6.54 Å². The SMILES string of the molecule is CN(CC(=O)O)C(=O)Cc1ccccc1[N+](=O)[O-]. The zero-order valence-corrected chi connectivity index (χ0v) is 9.70. The summed E-state index contributed by atoms with van der Waals surface area (Å²) in [7, 11) is 1.34. The first-order valence-corrected chi connectivity index (χ1v) is 5.10. The minimum Gasteiger partial charge on any atom is -0.480 e. The highest BCUT2D eigenvalue weighted by Gasteiger charge is 2.18. The van der Waals surface area contributed by atoms with E-state index in [0.29, 0.717) is 0 Å². The van der Waals surface area contributed by atoms with Crippen LogP contribution < -0.4 is 0 Å². The molecule has 0 radical (unpaired) electrons. The molecule has 0 fully saturated rings. The number of carbonyl (C=O) groups excluding carboxylic acids is 1. The van der Waals surface area contributed by atoms with E-state index in [9.17, 15) is 19.7 Å². The molecule has 1 amide bonds. The standard InChI is InChI=1S/C11H12N2O5/c1-12(7-11(15)16)10(14)6-8-4-2-3-5-9(8)13(17)18/h2-5H,6-7H2,1H3,(H,15,16). The number of nitro groups is 1. The number of hydrogen-bond acceptors (Lipinski definition) is 4. The number of carboxylic acids is 1.